The maximum Gasteiger partial charge on any atom is 0.162 e. The highest BCUT2D eigenvalue weighted by atomic mass is 19.2. The molecule has 2 atom stereocenters. The number of hydrogen-bond donors (Lipinski definition) is 1. The van der Waals surface area contributed by atoms with Gasteiger partial charge in [0.15, 0.2) is 11.6 Å². The summed E-state index contributed by atoms with van der Waals surface area (Å²) >= 11 is 0. The van der Waals surface area contributed by atoms with Gasteiger partial charge in [0.25, 0.3) is 0 Å². The van der Waals surface area contributed by atoms with Gasteiger partial charge in [0.2, 0.25) is 0 Å². The van der Waals surface area contributed by atoms with E-state index in [-0.39, 0.29) is 6.04 Å². The first-order valence-electron chi connectivity index (χ1n) is 7.02. The molecule has 1 aromatic rings. The number of halogens is 2. The highest BCUT2D eigenvalue weighted by molar-refractivity contribution is 5.20. The molecule has 0 bridgehead atoms. The Labute approximate surface area is 119 Å². The Morgan fingerprint density at radius 1 is 1.30 bits per heavy atom. The fraction of sp³-hybridized carbons (Fsp3) is 0.600. The van der Waals surface area contributed by atoms with E-state index in [4.69, 9.17) is 0 Å². The van der Waals surface area contributed by atoms with Crippen LogP contribution in [0, 0.1) is 11.6 Å². The zero-order valence-electron chi connectivity index (χ0n) is 12.4. The maximum absolute atomic E-state index is 13.8. The van der Waals surface area contributed by atoms with E-state index in [9.17, 15) is 8.78 Å². The monoisotopic (exact) mass is 283 g/mol. The molecule has 0 spiro atoms. The highest BCUT2D eigenvalue weighted by Gasteiger charge is 2.29. The zero-order chi connectivity index (χ0) is 14.7. The number of likely N-dealkylation sites (N-methyl/N-ethyl adjacent to an activating group) is 3. The van der Waals surface area contributed by atoms with E-state index in [2.05, 4.69) is 29.2 Å². The first-order valence-corrected chi connectivity index (χ1v) is 7.02. The van der Waals surface area contributed by atoms with Crippen molar-refractivity contribution in [1.82, 2.24) is 15.1 Å². The quantitative estimate of drug-likeness (QED) is 0.900. The van der Waals surface area contributed by atoms with Gasteiger partial charge in [0.05, 0.1) is 0 Å². The molecule has 1 saturated heterocycles. The van der Waals surface area contributed by atoms with Gasteiger partial charge in [0, 0.05) is 31.7 Å². The first kappa shape index (κ1) is 15.4. The molecule has 112 valence electrons. The molecule has 2 unspecified atom stereocenters. The average Bonchev–Trinajstić information content (AvgIpc) is 2.43. The third-order valence-corrected chi connectivity index (χ3v) is 4.21. The lowest BCUT2D eigenvalue weighted by Gasteiger charge is -2.42. The van der Waals surface area contributed by atoms with E-state index >= 15 is 0 Å². The van der Waals surface area contributed by atoms with Gasteiger partial charge in [-0.1, -0.05) is 12.1 Å². The van der Waals surface area contributed by atoms with Crippen LogP contribution in [0.3, 0.4) is 0 Å². The van der Waals surface area contributed by atoms with Crippen LogP contribution in [-0.4, -0.2) is 62.7 Å². The van der Waals surface area contributed by atoms with Crippen molar-refractivity contribution in [2.45, 2.75) is 18.5 Å². The van der Waals surface area contributed by atoms with Crippen LogP contribution in [0.4, 0.5) is 8.78 Å². The van der Waals surface area contributed by atoms with Gasteiger partial charge >= 0.3 is 0 Å². The number of piperazine rings is 1. The van der Waals surface area contributed by atoms with E-state index in [0.717, 1.165) is 25.7 Å². The van der Waals surface area contributed by atoms with E-state index in [1.54, 1.807) is 12.1 Å². The van der Waals surface area contributed by atoms with Gasteiger partial charge in [-0.25, -0.2) is 8.78 Å². The Morgan fingerprint density at radius 2 is 2.05 bits per heavy atom. The van der Waals surface area contributed by atoms with E-state index in [1.807, 2.05) is 7.05 Å². The fourth-order valence-electron chi connectivity index (χ4n) is 2.85. The number of nitrogens with zero attached hydrogens (tertiary/aromatic N) is 2. The van der Waals surface area contributed by atoms with Crippen molar-refractivity contribution in [2.75, 3.05) is 40.8 Å². The summed E-state index contributed by atoms with van der Waals surface area (Å²) in [6, 6.07) is 4.78. The van der Waals surface area contributed by atoms with Crippen LogP contribution in [0.1, 0.15) is 5.56 Å². The molecule has 1 aliphatic rings. The van der Waals surface area contributed by atoms with Crippen LogP contribution in [0.2, 0.25) is 0 Å². The highest BCUT2D eigenvalue weighted by Crippen LogP contribution is 2.17. The van der Waals surface area contributed by atoms with Crippen LogP contribution < -0.4 is 5.32 Å². The topological polar surface area (TPSA) is 18.5 Å². The SMILES string of the molecule is CNC(Cc1cccc(F)c1F)C1CN(C)CCN1C. The minimum Gasteiger partial charge on any atom is -0.315 e. The predicted molar refractivity (Wildman–Crippen MR) is 76.8 cm³/mol. The van der Waals surface area contributed by atoms with E-state index < -0.39 is 11.6 Å². The molecule has 1 aromatic carbocycles. The smallest absolute Gasteiger partial charge is 0.162 e. The van der Waals surface area contributed by atoms with E-state index in [1.165, 1.54) is 0 Å². The van der Waals surface area contributed by atoms with Gasteiger partial charge in [-0.3, -0.25) is 4.90 Å². The largest absolute Gasteiger partial charge is 0.315 e. The Hall–Kier alpha value is -1.04. The van der Waals surface area contributed by atoms with Crippen molar-refractivity contribution < 1.29 is 8.78 Å². The van der Waals surface area contributed by atoms with Crippen molar-refractivity contribution in [3.05, 3.63) is 35.4 Å². The molecule has 3 nitrogen and oxygen atoms in total. The molecule has 0 aromatic heterocycles. The fourth-order valence-corrected chi connectivity index (χ4v) is 2.85. The summed E-state index contributed by atoms with van der Waals surface area (Å²) in [4.78, 5) is 4.56. The molecule has 1 aliphatic heterocycles. The van der Waals surface area contributed by atoms with Gasteiger partial charge < -0.3 is 10.2 Å². The Balaban J connectivity index is 2.14. The summed E-state index contributed by atoms with van der Waals surface area (Å²) < 4.78 is 27.1. The second-order valence-corrected chi connectivity index (χ2v) is 5.62. The second-order valence-electron chi connectivity index (χ2n) is 5.62. The molecule has 20 heavy (non-hydrogen) atoms. The second kappa shape index (κ2) is 6.61. The molecule has 0 amide bonds. The van der Waals surface area contributed by atoms with Crippen molar-refractivity contribution >= 4 is 0 Å². The molecular formula is C15H23F2N3. The number of hydrogen-bond acceptors (Lipinski definition) is 3. The lowest BCUT2D eigenvalue weighted by molar-refractivity contribution is 0.0894. The summed E-state index contributed by atoms with van der Waals surface area (Å²) in [6.07, 6.45) is 0.489. The summed E-state index contributed by atoms with van der Waals surface area (Å²) in [5.41, 5.74) is 0.436. The zero-order valence-corrected chi connectivity index (χ0v) is 12.4. The van der Waals surface area contributed by atoms with Gasteiger partial charge in [-0.15, -0.1) is 0 Å². The van der Waals surface area contributed by atoms with Crippen molar-refractivity contribution in [3.63, 3.8) is 0 Å². The Morgan fingerprint density at radius 3 is 2.75 bits per heavy atom. The molecule has 5 heteroatoms. The first-order chi connectivity index (χ1) is 9.52. The predicted octanol–water partition coefficient (Wildman–Crippen LogP) is 1.34. The van der Waals surface area contributed by atoms with Crippen molar-refractivity contribution in [2.24, 2.45) is 0 Å². The number of rotatable bonds is 4. The molecule has 1 N–H and O–H groups in total. The van der Waals surface area contributed by atoms with Gasteiger partial charge in [-0.2, -0.15) is 0 Å². The Bertz CT molecular complexity index is 453. The third kappa shape index (κ3) is 3.34. The van der Waals surface area contributed by atoms with Gasteiger partial charge in [-0.05, 0) is 39.2 Å². The van der Waals surface area contributed by atoms with Crippen LogP contribution in [0.25, 0.3) is 0 Å². The van der Waals surface area contributed by atoms with Gasteiger partial charge in [0.1, 0.15) is 0 Å². The molecule has 0 aliphatic carbocycles. The summed E-state index contributed by atoms with van der Waals surface area (Å²) in [6.45, 7) is 2.96. The summed E-state index contributed by atoms with van der Waals surface area (Å²) in [5.74, 6) is -1.49. The molecule has 2 rings (SSSR count). The third-order valence-electron chi connectivity index (χ3n) is 4.21. The van der Waals surface area contributed by atoms with Crippen LogP contribution in [-0.2, 0) is 6.42 Å². The molecule has 0 saturated carbocycles. The lowest BCUT2D eigenvalue weighted by atomic mass is 9.96. The summed E-state index contributed by atoms with van der Waals surface area (Å²) in [5, 5.41) is 3.26. The Kier molecular flexibility index (Phi) is 5.07. The van der Waals surface area contributed by atoms with E-state index in [0.29, 0.717) is 18.0 Å². The number of nitrogens with one attached hydrogen (secondary N) is 1. The van der Waals surface area contributed by atoms with Crippen LogP contribution in [0.5, 0.6) is 0 Å². The molecule has 0 radical (unpaired) electrons. The number of benzene rings is 1. The molecule has 1 fully saturated rings. The average molecular weight is 283 g/mol. The van der Waals surface area contributed by atoms with Crippen molar-refractivity contribution in [3.8, 4) is 0 Å². The standard InChI is InChI=1S/C15H23F2N3/c1-18-13(14-10-19(2)7-8-20(14)3)9-11-5-4-6-12(16)15(11)17/h4-6,13-14,18H,7-10H2,1-3H3. The molecule has 1 heterocycles. The molecular weight excluding hydrogens is 260 g/mol. The van der Waals surface area contributed by atoms with Crippen LogP contribution in [0.15, 0.2) is 18.2 Å². The minimum absolute atomic E-state index is 0.0963. The van der Waals surface area contributed by atoms with Crippen LogP contribution >= 0.6 is 0 Å². The normalized spacial score (nSPS) is 22.9. The minimum atomic E-state index is -0.772. The maximum atomic E-state index is 13.8. The lowest BCUT2D eigenvalue weighted by Crippen LogP contribution is -2.58. The summed E-state index contributed by atoms with van der Waals surface area (Å²) in [7, 11) is 6.06. The van der Waals surface area contributed by atoms with Crippen molar-refractivity contribution in [1.29, 1.82) is 0 Å².